The molecule has 1 saturated heterocycles. The number of phenols is 1. The Morgan fingerprint density at radius 3 is 2.81 bits per heavy atom. The first-order valence-corrected chi connectivity index (χ1v) is 5.41. The van der Waals surface area contributed by atoms with Gasteiger partial charge in [-0.15, -0.1) is 12.4 Å². The molecule has 1 aromatic carbocycles. The summed E-state index contributed by atoms with van der Waals surface area (Å²) in [6, 6.07) is 5.70. The van der Waals surface area contributed by atoms with E-state index in [9.17, 15) is 5.11 Å². The Labute approximate surface area is 102 Å². The lowest BCUT2D eigenvalue weighted by atomic mass is 9.97. The Kier molecular flexibility index (Phi) is 4.90. The summed E-state index contributed by atoms with van der Waals surface area (Å²) in [7, 11) is 1.64. The highest BCUT2D eigenvalue weighted by Gasteiger charge is 2.18. The highest BCUT2D eigenvalue weighted by molar-refractivity contribution is 5.85. The second-order valence-electron chi connectivity index (χ2n) is 3.93. The van der Waals surface area contributed by atoms with Crippen LogP contribution in [0.5, 0.6) is 11.5 Å². The molecule has 2 N–H and O–H groups in total. The zero-order chi connectivity index (χ0) is 10.7. The third kappa shape index (κ3) is 2.80. The number of piperidine rings is 1. The van der Waals surface area contributed by atoms with Gasteiger partial charge in [0.25, 0.3) is 0 Å². The summed E-state index contributed by atoms with van der Waals surface area (Å²) < 4.78 is 5.28. The standard InChI is InChI=1S/C12H17NO2.ClH/c1-15-12-8-9(14)5-6-10(12)11-4-2-3-7-13-11;/h5-6,8,11,13-14H,2-4,7H2,1H3;1H/t11-;/m0./s1. The van der Waals surface area contributed by atoms with E-state index in [0.29, 0.717) is 6.04 Å². The fourth-order valence-electron chi connectivity index (χ4n) is 2.10. The van der Waals surface area contributed by atoms with Gasteiger partial charge in [-0.3, -0.25) is 0 Å². The van der Waals surface area contributed by atoms with Crippen LogP contribution < -0.4 is 10.1 Å². The van der Waals surface area contributed by atoms with Crippen LogP contribution in [-0.2, 0) is 0 Å². The van der Waals surface area contributed by atoms with Crippen molar-refractivity contribution in [2.75, 3.05) is 13.7 Å². The lowest BCUT2D eigenvalue weighted by Crippen LogP contribution is -2.27. The predicted molar refractivity (Wildman–Crippen MR) is 66.5 cm³/mol. The maximum absolute atomic E-state index is 9.37. The molecule has 1 atom stereocenters. The van der Waals surface area contributed by atoms with Gasteiger partial charge in [0.05, 0.1) is 7.11 Å². The van der Waals surface area contributed by atoms with Crippen molar-refractivity contribution in [3.8, 4) is 11.5 Å². The number of hydrogen-bond donors (Lipinski definition) is 2. The molecule has 0 spiro atoms. The summed E-state index contributed by atoms with van der Waals surface area (Å²) in [6.45, 7) is 1.06. The summed E-state index contributed by atoms with van der Waals surface area (Å²) in [4.78, 5) is 0. The van der Waals surface area contributed by atoms with Gasteiger partial charge >= 0.3 is 0 Å². The van der Waals surface area contributed by atoms with Gasteiger partial charge in [0.2, 0.25) is 0 Å². The first-order chi connectivity index (χ1) is 7.31. The van der Waals surface area contributed by atoms with Crippen LogP contribution in [0.15, 0.2) is 18.2 Å². The van der Waals surface area contributed by atoms with Crippen LogP contribution in [0.3, 0.4) is 0 Å². The molecule has 1 fully saturated rings. The van der Waals surface area contributed by atoms with Crippen molar-refractivity contribution in [2.24, 2.45) is 0 Å². The Balaban J connectivity index is 0.00000128. The van der Waals surface area contributed by atoms with Crippen molar-refractivity contribution in [1.82, 2.24) is 5.32 Å². The van der Waals surface area contributed by atoms with Crippen molar-refractivity contribution in [3.05, 3.63) is 23.8 Å². The molecule has 90 valence electrons. The molecule has 16 heavy (non-hydrogen) atoms. The maximum Gasteiger partial charge on any atom is 0.127 e. The Morgan fingerprint density at radius 1 is 1.38 bits per heavy atom. The minimum atomic E-state index is 0. The largest absolute Gasteiger partial charge is 0.508 e. The highest BCUT2D eigenvalue weighted by Crippen LogP contribution is 2.32. The van der Waals surface area contributed by atoms with E-state index < -0.39 is 0 Å². The summed E-state index contributed by atoms with van der Waals surface area (Å²) >= 11 is 0. The van der Waals surface area contributed by atoms with Gasteiger partial charge < -0.3 is 15.2 Å². The monoisotopic (exact) mass is 243 g/mol. The van der Waals surface area contributed by atoms with Crippen molar-refractivity contribution in [1.29, 1.82) is 0 Å². The fourth-order valence-corrected chi connectivity index (χ4v) is 2.10. The molecular formula is C12H18ClNO2. The Hall–Kier alpha value is -0.930. The first kappa shape index (κ1) is 13.1. The van der Waals surface area contributed by atoms with Gasteiger partial charge in [-0.1, -0.05) is 12.5 Å². The molecule has 0 aliphatic carbocycles. The minimum Gasteiger partial charge on any atom is -0.508 e. The highest BCUT2D eigenvalue weighted by atomic mass is 35.5. The summed E-state index contributed by atoms with van der Waals surface area (Å²) in [5.74, 6) is 1.03. The molecule has 0 aromatic heterocycles. The van der Waals surface area contributed by atoms with Crippen LogP contribution in [0.1, 0.15) is 30.9 Å². The summed E-state index contributed by atoms with van der Waals surface area (Å²) in [6.07, 6.45) is 3.64. The van der Waals surface area contributed by atoms with Crippen LogP contribution in [0, 0.1) is 0 Å². The SMILES string of the molecule is COc1cc(O)ccc1[C@@H]1CCCCN1.Cl. The van der Waals surface area contributed by atoms with Crippen molar-refractivity contribution < 1.29 is 9.84 Å². The predicted octanol–water partition coefficient (Wildman–Crippen LogP) is 2.64. The molecular weight excluding hydrogens is 226 g/mol. The topological polar surface area (TPSA) is 41.5 Å². The van der Waals surface area contributed by atoms with Crippen molar-refractivity contribution in [3.63, 3.8) is 0 Å². The average Bonchev–Trinajstić information content (AvgIpc) is 2.30. The average molecular weight is 244 g/mol. The van der Waals surface area contributed by atoms with Crippen molar-refractivity contribution >= 4 is 12.4 Å². The molecule has 1 aliphatic heterocycles. The van der Waals surface area contributed by atoms with E-state index in [1.54, 1.807) is 19.2 Å². The van der Waals surface area contributed by atoms with Gasteiger partial charge in [-0.05, 0) is 25.5 Å². The van der Waals surface area contributed by atoms with Gasteiger partial charge in [0.1, 0.15) is 11.5 Å². The van der Waals surface area contributed by atoms with E-state index in [0.717, 1.165) is 24.3 Å². The van der Waals surface area contributed by atoms with E-state index in [1.807, 2.05) is 6.07 Å². The first-order valence-electron chi connectivity index (χ1n) is 5.41. The Morgan fingerprint density at radius 2 is 2.19 bits per heavy atom. The maximum atomic E-state index is 9.37. The molecule has 0 bridgehead atoms. The number of hydrogen-bond acceptors (Lipinski definition) is 3. The number of nitrogens with one attached hydrogen (secondary N) is 1. The normalized spacial score (nSPS) is 19.9. The summed E-state index contributed by atoms with van der Waals surface area (Å²) in [5.41, 5.74) is 1.15. The van der Waals surface area contributed by atoms with Crippen LogP contribution in [0.2, 0.25) is 0 Å². The zero-order valence-corrected chi connectivity index (χ0v) is 10.2. The molecule has 1 aromatic rings. The zero-order valence-electron chi connectivity index (χ0n) is 9.40. The number of phenolic OH excluding ortho intramolecular Hbond substituents is 1. The lowest BCUT2D eigenvalue weighted by molar-refractivity contribution is 0.370. The third-order valence-corrected chi connectivity index (χ3v) is 2.90. The van der Waals surface area contributed by atoms with E-state index in [1.165, 1.54) is 12.8 Å². The summed E-state index contributed by atoms with van der Waals surface area (Å²) in [5, 5.41) is 12.8. The van der Waals surface area contributed by atoms with Crippen LogP contribution in [0.25, 0.3) is 0 Å². The van der Waals surface area contributed by atoms with Gasteiger partial charge in [-0.25, -0.2) is 0 Å². The molecule has 1 aliphatic rings. The van der Waals surface area contributed by atoms with Gasteiger partial charge in [-0.2, -0.15) is 0 Å². The third-order valence-electron chi connectivity index (χ3n) is 2.90. The number of ether oxygens (including phenoxy) is 1. The number of aromatic hydroxyl groups is 1. The molecule has 0 unspecified atom stereocenters. The Bertz CT molecular complexity index is 338. The molecule has 3 nitrogen and oxygen atoms in total. The number of halogens is 1. The molecule has 0 radical (unpaired) electrons. The van der Waals surface area contributed by atoms with E-state index >= 15 is 0 Å². The van der Waals surface area contributed by atoms with Crippen molar-refractivity contribution in [2.45, 2.75) is 25.3 Å². The molecule has 1 heterocycles. The lowest BCUT2D eigenvalue weighted by Gasteiger charge is -2.25. The second-order valence-corrected chi connectivity index (χ2v) is 3.93. The van der Waals surface area contributed by atoms with Crippen LogP contribution in [0.4, 0.5) is 0 Å². The van der Waals surface area contributed by atoms with Gasteiger partial charge in [0, 0.05) is 17.7 Å². The minimum absolute atomic E-state index is 0. The molecule has 0 saturated carbocycles. The van der Waals surface area contributed by atoms with E-state index in [-0.39, 0.29) is 18.2 Å². The van der Waals surface area contributed by atoms with Gasteiger partial charge in [0.15, 0.2) is 0 Å². The smallest absolute Gasteiger partial charge is 0.127 e. The number of benzene rings is 1. The number of rotatable bonds is 2. The van der Waals surface area contributed by atoms with Crippen LogP contribution >= 0.6 is 12.4 Å². The van der Waals surface area contributed by atoms with E-state index in [4.69, 9.17) is 4.74 Å². The molecule has 0 amide bonds. The van der Waals surface area contributed by atoms with Crippen LogP contribution in [-0.4, -0.2) is 18.8 Å². The second kappa shape index (κ2) is 5.97. The molecule has 4 heteroatoms. The molecule has 2 rings (SSSR count). The van der Waals surface area contributed by atoms with E-state index in [2.05, 4.69) is 5.32 Å². The quantitative estimate of drug-likeness (QED) is 0.839. The number of methoxy groups -OCH3 is 1. The fraction of sp³-hybridized carbons (Fsp3) is 0.500.